The molecule has 0 saturated carbocycles. The highest BCUT2D eigenvalue weighted by Crippen LogP contribution is 2.15. The molecular weight excluding hydrogens is 130 g/mol. The number of rotatable bonds is 3. The van der Waals surface area contributed by atoms with Gasteiger partial charge in [0, 0.05) is 6.54 Å². The van der Waals surface area contributed by atoms with Crippen molar-refractivity contribution in [3.05, 3.63) is 0 Å². The third kappa shape index (κ3) is 1.36. The summed E-state index contributed by atoms with van der Waals surface area (Å²) in [6.45, 7) is 3.48. The van der Waals surface area contributed by atoms with E-state index in [9.17, 15) is 4.79 Å². The van der Waals surface area contributed by atoms with Crippen molar-refractivity contribution in [2.75, 3.05) is 13.2 Å². The van der Waals surface area contributed by atoms with Gasteiger partial charge < -0.3 is 4.74 Å². The summed E-state index contributed by atoms with van der Waals surface area (Å²) in [5, 5.41) is 3.03. The second-order valence-corrected chi connectivity index (χ2v) is 2.53. The predicted molar refractivity (Wildman–Crippen MR) is 37.7 cm³/mol. The Bertz CT molecular complexity index is 119. The second kappa shape index (κ2) is 3.12. The number of nitrogens with one attached hydrogen (secondary N) is 1. The van der Waals surface area contributed by atoms with E-state index in [1.807, 2.05) is 6.92 Å². The Morgan fingerprint density at radius 3 is 3.00 bits per heavy atom. The summed E-state index contributed by atoms with van der Waals surface area (Å²) in [5.74, 6) is 0. The van der Waals surface area contributed by atoms with Gasteiger partial charge in [0.1, 0.15) is 0 Å². The van der Waals surface area contributed by atoms with Crippen LogP contribution in [0.3, 0.4) is 0 Å². The van der Waals surface area contributed by atoms with Gasteiger partial charge in [-0.05, 0) is 6.42 Å². The lowest BCUT2D eigenvalue weighted by atomic mass is 10.1. The van der Waals surface area contributed by atoms with Gasteiger partial charge in [-0.3, -0.25) is 10.1 Å². The zero-order valence-corrected chi connectivity index (χ0v) is 6.22. The van der Waals surface area contributed by atoms with Crippen LogP contribution in [-0.2, 0) is 9.53 Å². The van der Waals surface area contributed by atoms with Crippen LogP contribution in [0.1, 0.15) is 19.8 Å². The van der Waals surface area contributed by atoms with Gasteiger partial charge in [-0.2, -0.15) is 0 Å². The Kier molecular flexibility index (Phi) is 2.40. The van der Waals surface area contributed by atoms with E-state index in [-0.39, 0.29) is 0 Å². The van der Waals surface area contributed by atoms with Crippen molar-refractivity contribution in [3.8, 4) is 0 Å². The summed E-state index contributed by atoms with van der Waals surface area (Å²) in [4.78, 5) is 10.5. The first-order valence-electron chi connectivity index (χ1n) is 3.68. The van der Waals surface area contributed by atoms with Crippen LogP contribution in [0.5, 0.6) is 0 Å². The molecule has 1 unspecified atom stereocenters. The van der Waals surface area contributed by atoms with Crippen molar-refractivity contribution in [2.24, 2.45) is 0 Å². The summed E-state index contributed by atoms with van der Waals surface area (Å²) >= 11 is 0. The minimum atomic E-state index is -0.644. The largest absolute Gasteiger partial charge is 0.352 e. The van der Waals surface area contributed by atoms with Crippen LogP contribution in [0.2, 0.25) is 0 Å². The maximum absolute atomic E-state index is 10.5. The minimum absolute atomic E-state index is 0.644. The highest BCUT2D eigenvalue weighted by molar-refractivity contribution is 5.62. The number of hydrogen-bond acceptors (Lipinski definition) is 3. The molecule has 0 aromatic heterocycles. The highest BCUT2D eigenvalue weighted by Gasteiger charge is 2.32. The molecule has 10 heavy (non-hydrogen) atoms. The van der Waals surface area contributed by atoms with E-state index in [1.165, 1.54) is 0 Å². The molecule has 3 heteroatoms. The third-order valence-electron chi connectivity index (χ3n) is 1.70. The molecule has 1 aliphatic heterocycles. The maximum atomic E-state index is 10.5. The lowest BCUT2D eigenvalue weighted by molar-refractivity contribution is -0.128. The average Bonchev–Trinajstić information content (AvgIpc) is 2.39. The van der Waals surface area contributed by atoms with Gasteiger partial charge >= 0.3 is 0 Å². The molecule has 0 spiro atoms. The van der Waals surface area contributed by atoms with Gasteiger partial charge in [-0.15, -0.1) is 0 Å². The Morgan fingerprint density at radius 2 is 2.60 bits per heavy atom. The van der Waals surface area contributed by atoms with E-state index < -0.39 is 5.72 Å². The number of hydrogen-bond donors (Lipinski definition) is 1. The van der Waals surface area contributed by atoms with Crippen molar-refractivity contribution >= 4 is 6.29 Å². The Labute approximate surface area is 60.7 Å². The fraction of sp³-hybridized carbons (Fsp3) is 0.857. The first-order valence-corrected chi connectivity index (χ1v) is 3.68. The maximum Gasteiger partial charge on any atom is 0.175 e. The van der Waals surface area contributed by atoms with Crippen LogP contribution < -0.4 is 5.32 Å². The van der Waals surface area contributed by atoms with E-state index in [4.69, 9.17) is 4.74 Å². The van der Waals surface area contributed by atoms with E-state index >= 15 is 0 Å². The smallest absolute Gasteiger partial charge is 0.175 e. The second-order valence-electron chi connectivity index (χ2n) is 2.53. The molecule has 0 amide bonds. The number of carbonyl (C=O) groups excluding carboxylic acids is 1. The van der Waals surface area contributed by atoms with E-state index in [1.54, 1.807) is 0 Å². The Balaban J connectivity index is 2.49. The molecule has 0 radical (unpaired) electrons. The molecule has 1 aliphatic rings. The standard InChI is InChI=1S/C7H13NO2/c1-2-3-7(6-9)8-4-5-10-7/h6,8H,2-5H2,1H3. The zero-order chi connectivity index (χ0) is 7.45. The van der Waals surface area contributed by atoms with Crippen LogP contribution in [0.4, 0.5) is 0 Å². The molecule has 1 atom stereocenters. The molecule has 0 aliphatic carbocycles. The van der Waals surface area contributed by atoms with Gasteiger partial charge in [-0.25, -0.2) is 0 Å². The third-order valence-corrected chi connectivity index (χ3v) is 1.70. The number of carbonyl (C=O) groups is 1. The van der Waals surface area contributed by atoms with E-state index in [2.05, 4.69) is 5.32 Å². The van der Waals surface area contributed by atoms with Gasteiger partial charge in [0.05, 0.1) is 6.61 Å². The lowest BCUT2D eigenvalue weighted by Crippen LogP contribution is -2.42. The summed E-state index contributed by atoms with van der Waals surface area (Å²) in [6, 6.07) is 0. The molecule has 0 aromatic carbocycles. The van der Waals surface area contributed by atoms with Crippen molar-refractivity contribution < 1.29 is 9.53 Å². The van der Waals surface area contributed by atoms with Crippen molar-refractivity contribution in [2.45, 2.75) is 25.5 Å². The first-order chi connectivity index (χ1) is 4.83. The van der Waals surface area contributed by atoms with Crippen molar-refractivity contribution in [1.29, 1.82) is 0 Å². The predicted octanol–water partition coefficient (Wildman–Crippen LogP) is 0.301. The summed E-state index contributed by atoms with van der Waals surface area (Å²) in [6.07, 6.45) is 2.60. The van der Waals surface area contributed by atoms with E-state index in [0.29, 0.717) is 6.61 Å². The quantitative estimate of drug-likeness (QED) is 0.577. The van der Waals surface area contributed by atoms with Crippen LogP contribution in [0.15, 0.2) is 0 Å². The lowest BCUT2D eigenvalue weighted by Gasteiger charge is -2.20. The van der Waals surface area contributed by atoms with Gasteiger partial charge in [0.2, 0.25) is 0 Å². The topological polar surface area (TPSA) is 38.3 Å². The van der Waals surface area contributed by atoms with Crippen molar-refractivity contribution in [3.63, 3.8) is 0 Å². The van der Waals surface area contributed by atoms with Crippen LogP contribution >= 0.6 is 0 Å². The minimum Gasteiger partial charge on any atom is -0.352 e. The summed E-state index contributed by atoms with van der Waals surface area (Å²) in [7, 11) is 0. The number of ether oxygens (including phenoxy) is 1. The molecule has 3 nitrogen and oxygen atoms in total. The Morgan fingerprint density at radius 1 is 1.80 bits per heavy atom. The molecule has 58 valence electrons. The molecule has 1 N–H and O–H groups in total. The van der Waals surface area contributed by atoms with Gasteiger partial charge in [0.25, 0.3) is 0 Å². The monoisotopic (exact) mass is 143 g/mol. The van der Waals surface area contributed by atoms with Crippen molar-refractivity contribution in [1.82, 2.24) is 5.32 Å². The molecule has 1 heterocycles. The Hall–Kier alpha value is -0.410. The highest BCUT2D eigenvalue weighted by atomic mass is 16.5. The molecule has 1 fully saturated rings. The van der Waals surface area contributed by atoms with Crippen LogP contribution in [-0.4, -0.2) is 25.2 Å². The summed E-state index contributed by atoms with van der Waals surface area (Å²) in [5.41, 5.74) is -0.644. The first kappa shape index (κ1) is 7.69. The fourth-order valence-electron chi connectivity index (χ4n) is 1.21. The van der Waals surface area contributed by atoms with Crippen LogP contribution in [0, 0.1) is 0 Å². The molecule has 1 saturated heterocycles. The SMILES string of the molecule is CCCC1(C=O)NCCO1. The van der Waals surface area contributed by atoms with E-state index in [0.717, 1.165) is 25.7 Å². The normalized spacial score (nSPS) is 32.5. The average molecular weight is 143 g/mol. The van der Waals surface area contributed by atoms with Gasteiger partial charge in [-0.1, -0.05) is 13.3 Å². The summed E-state index contributed by atoms with van der Waals surface area (Å²) < 4.78 is 5.25. The fourth-order valence-corrected chi connectivity index (χ4v) is 1.21. The van der Waals surface area contributed by atoms with Gasteiger partial charge in [0.15, 0.2) is 12.0 Å². The molecule has 0 bridgehead atoms. The number of aldehydes is 1. The van der Waals surface area contributed by atoms with Crippen LogP contribution in [0.25, 0.3) is 0 Å². The molecule has 1 rings (SSSR count). The molecular formula is C7H13NO2. The zero-order valence-electron chi connectivity index (χ0n) is 6.22. The molecule has 0 aromatic rings.